The van der Waals surface area contributed by atoms with Gasteiger partial charge < -0.3 is 33.6 Å². The van der Waals surface area contributed by atoms with Crippen LogP contribution in [0, 0.1) is 17.3 Å². The standard InChI is InChI=1S/C13H20O4.C10H16O3/c1-9(14)5-13(6-10(2)15,7-11(3)16)8-12(4)17;1-7(6-11)10(4-8(2)12)5-9(3)13/h5-8H2,1-4H3;6-7,10H,4-5H2,1-3H3. The fourth-order valence-electron chi connectivity index (χ4n) is 3.78. The minimum atomic E-state index is -0.810. The van der Waals surface area contributed by atoms with E-state index in [9.17, 15) is 33.6 Å². The van der Waals surface area contributed by atoms with Crippen LogP contribution in [0.3, 0.4) is 0 Å². The number of hydrogen-bond acceptors (Lipinski definition) is 7. The number of ketones is 6. The molecule has 1 unspecified atom stereocenters. The van der Waals surface area contributed by atoms with Crippen molar-refractivity contribution in [2.45, 2.75) is 87.0 Å². The number of Topliss-reactive ketones (excluding diaryl/α,β-unsaturated/α-hetero) is 6. The second-order valence-electron chi connectivity index (χ2n) is 8.58. The lowest BCUT2D eigenvalue weighted by molar-refractivity contribution is -0.129. The van der Waals surface area contributed by atoms with Gasteiger partial charge in [0.2, 0.25) is 0 Å². The Labute approximate surface area is 179 Å². The molecule has 0 aromatic carbocycles. The number of rotatable bonds is 14. The number of carbonyl (C=O) groups excluding carboxylic acids is 7. The van der Waals surface area contributed by atoms with E-state index in [1.54, 1.807) is 6.92 Å². The Bertz CT molecular complexity index is 575. The van der Waals surface area contributed by atoms with Crippen LogP contribution in [0.15, 0.2) is 0 Å². The molecule has 7 heteroatoms. The van der Waals surface area contributed by atoms with Gasteiger partial charge in [-0.15, -0.1) is 0 Å². The Morgan fingerprint density at radius 1 is 0.600 bits per heavy atom. The fraction of sp³-hybridized carbons (Fsp3) is 0.696. The van der Waals surface area contributed by atoms with Gasteiger partial charge in [-0.2, -0.15) is 0 Å². The summed E-state index contributed by atoms with van der Waals surface area (Å²) in [6, 6.07) is 0. The van der Waals surface area contributed by atoms with Gasteiger partial charge in [0.05, 0.1) is 0 Å². The summed E-state index contributed by atoms with van der Waals surface area (Å²) in [5.41, 5.74) is -0.810. The van der Waals surface area contributed by atoms with E-state index in [0.717, 1.165) is 6.29 Å². The average molecular weight is 425 g/mol. The summed E-state index contributed by atoms with van der Waals surface area (Å²) in [5.74, 6) is -0.690. The highest BCUT2D eigenvalue weighted by Gasteiger charge is 2.35. The summed E-state index contributed by atoms with van der Waals surface area (Å²) in [6.07, 6.45) is 1.85. The molecule has 0 fully saturated rings. The molecule has 1 atom stereocenters. The van der Waals surface area contributed by atoms with Crippen molar-refractivity contribution >= 4 is 41.0 Å². The molecule has 170 valence electrons. The van der Waals surface area contributed by atoms with E-state index in [2.05, 4.69) is 0 Å². The molecule has 0 aromatic rings. The molecule has 0 saturated heterocycles. The molecule has 0 aliphatic heterocycles. The maximum absolute atomic E-state index is 11.3. The first-order valence-electron chi connectivity index (χ1n) is 10.1. The van der Waals surface area contributed by atoms with E-state index in [4.69, 9.17) is 0 Å². The van der Waals surface area contributed by atoms with Gasteiger partial charge in [-0.25, -0.2) is 0 Å². The Kier molecular flexibility index (Phi) is 14.6. The van der Waals surface area contributed by atoms with Crippen molar-refractivity contribution in [3.8, 4) is 0 Å². The van der Waals surface area contributed by atoms with Gasteiger partial charge in [0.1, 0.15) is 41.0 Å². The van der Waals surface area contributed by atoms with Gasteiger partial charge in [0.15, 0.2) is 0 Å². The van der Waals surface area contributed by atoms with Crippen LogP contribution in [-0.2, 0) is 33.6 Å². The lowest BCUT2D eigenvalue weighted by Crippen LogP contribution is -2.31. The third-order valence-corrected chi connectivity index (χ3v) is 4.55. The normalized spacial score (nSPS) is 11.7. The first-order chi connectivity index (χ1) is 13.6. The molecule has 0 N–H and O–H groups in total. The van der Waals surface area contributed by atoms with E-state index in [1.807, 2.05) is 0 Å². The highest BCUT2D eigenvalue weighted by Crippen LogP contribution is 2.36. The monoisotopic (exact) mass is 424 g/mol. The summed E-state index contributed by atoms with van der Waals surface area (Å²) in [5, 5.41) is 0. The average Bonchev–Trinajstić information content (AvgIpc) is 2.49. The van der Waals surface area contributed by atoms with Crippen LogP contribution in [0.4, 0.5) is 0 Å². The Hall–Kier alpha value is -2.31. The van der Waals surface area contributed by atoms with Crippen LogP contribution < -0.4 is 0 Å². The third kappa shape index (κ3) is 15.6. The summed E-state index contributed by atoms with van der Waals surface area (Å²) in [4.78, 5) is 77.2. The molecule has 0 bridgehead atoms. The maximum atomic E-state index is 11.3. The van der Waals surface area contributed by atoms with Crippen LogP contribution >= 0.6 is 0 Å². The van der Waals surface area contributed by atoms with E-state index in [-0.39, 0.29) is 72.2 Å². The van der Waals surface area contributed by atoms with Crippen molar-refractivity contribution in [1.29, 1.82) is 0 Å². The van der Waals surface area contributed by atoms with Gasteiger partial charge in [-0.05, 0) is 52.9 Å². The van der Waals surface area contributed by atoms with Gasteiger partial charge in [-0.3, -0.25) is 0 Å². The summed E-state index contributed by atoms with van der Waals surface area (Å²) < 4.78 is 0. The quantitative estimate of drug-likeness (QED) is 0.392. The minimum Gasteiger partial charge on any atom is -0.303 e. The van der Waals surface area contributed by atoms with E-state index < -0.39 is 5.41 Å². The van der Waals surface area contributed by atoms with Crippen molar-refractivity contribution in [3.63, 3.8) is 0 Å². The summed E-state index contributed by atoms with van der Waals surface area (Å²) in [7, 11) is 0. The molecule has 0 aromatic heterocycles. The molecule has 0 rings (SSSR count). The molecule has 0 radical (unpaired) electrons. The van der Waals surface area contributed by atoms with E-state index in [1.165, 1.54) is 41.5 Å². The van der Waals surface area contributed by atoms with Gasteiger partial charge >= 0.3 is 0 Å². The van der Waals surface area contributed by atoms with Crippen LogP contribution in [0.2, 0.25) is 0 Å². The first-order valence-corrected chi connectivity index (χ1v) is 10.1. The van der Waals surface area contributed by atoms with Crippen molar-refractivity contribution in [2.24, 2.45) is 17.3 Å². The molecule has 0 spiro atoms. The highest BCUT2D eigenvalue weighted by atomic mass is 16.1. The van der Waals surface area contributed by atoms with Crippen LogP contribution in [0.1, 0.15) is 87.0 Å². The Morgan fingerprint density at radius 2 is 0.867 bits per heavy atom. The van der Waals surface area contributed by atoms with Crippen molar-refractivity contribution in [2.75, 3.05) is 0 Å². The summed E-state index contributed by atoms with van der Waals surface area (Å²) in [6.45, 7) is 10.3. The smallest absolute Gasteiger partial charge is 0.130 e. The van der Waals surface area contributed by atoms with Crippen molar-refractivity contribution in [3.05, 3.63) is 0 Å². The van der Waals surface area contributed by atoms with Crippen molar-refractivity contribution < 1.29 is 33.6 Å². The SMILES string of the molecule is CC(=O)CC(CC(C)=O)(CC(C)=O)CC(C)=O.CC(=O)CC(CC(C)=O)C(C)C=O. The van der Waals surface area contributed by atoms with Crippen LogP contribution in [-0.4, -0.2) is 41.0 Å². The second kappa shape index (κ2) is 14.6. The van der Waals surface area contributed by atoms with Gasteiger partial charge in [0, 0.05) is 44.4 Å². The Balaban J connectivity index is 0. The van der Waals surface area contributed by atoms with E-state index >= 15 is 0 Å². The molecular weight excluding hydrogens is 388 g/mol. The molecule has 0 amide bonds. The number of aldehydes is 1. The Morgan fingerprint density at radius 3 is 1.03 bits per heavy atom. The molecule has 7 nitrogen and oxygen atoms in total. The predicted octanol–water partition coefficient (Wildman–Crippen LogP) is 3.29. The number of carbonyl (C=O) groups is 7. The molecule has 0 heterocycles. The number of hydrogen-bond donors (Lipinski definition) is 0. The zero-order valence-electron chi connectivity index (χ0n) is 19.3. The van der Waals surface area contributed by atoms with Gasteiger partial charge in [-0.1, -0.05) is 6.92 Å². The molecule has 0 aliphatic rings. The molecule has 30 heavy (non-hydrogen) atoms. The first kappa shape index (κ1) is 29.9. The third-order valence-electron chi connectivity index (χ3n) is 4.55. The summed E-state index contributed by atoms with van der Waals surface area (Å²) >= 11 is 0. The lowest BCUT2D eigenvalue weighted by Gasteiger charge is -2.30. The van der Waals surface area contributed by atoms with Crippen molar-refractivity contribution in [1.82, 2.24) is 0 Å². The minimum absolute atomic E-state index is 0.0277. The zero-order chi connectivity index (χ0) is 24.1. The van der Waals surface area contributed by atoms with Crippen LogP contribution in [0.25, 0.3) is 0 Å². The van der Waals surface area contributed by atoms with E-state index in [0.29, 0.717) is 12.8 Å². The topological polar surface area (TPSA) is 119 Å². The van der Waals surface area contributed by atoms with Gasteiger partial charge in [0.25, 0.3) is 0 Å². The maximum Gasteiger partial charge on any atom is 0.130 e. The second-order valence-corrected chi connectivity index (χ2v) is 8.58. The largest absolute Gasteiger partial charge is 0.303 e. The molecule has 0 aliphatic carbocycles. The zero-order valence-corrected chi connectivity index (χ0v) is 19.3. The highest BCUT2D eigenvalue weighted by molar-refractivity contribution is 5.86. The lowest BCUT2D eigenvalue weighted by atomic mass is 9.71. The molecule has 0 saturated carbocycles. The van der Waals surface area contributed by atoms with Crippen LogP contribution in [0.5, 0.6) is 0 Å². The fourth-order valence-corrected chi connectivity index (χ4v) is 3.78. The predicted molar refractivity (Wildman–Crippen MR) is 113 cm³/mol. The molecular formula is C23H36O7.